The van der Waals surface area contributed by atoms with Crippen molar-refractivity contribution in [2.75, 3.05) is 0 Å². The minimum atomic E-state index is 1.19. The van der Waals surface area contributed by atoms with E-state index in [1.807, 2.05) is 13.0 Å². The summed E-state index contributed by atoms with van der Waals surface area (Å²) in [5.74, 6) is 5.74. The minimum absolute atomic E-state index is 1.19. The number of hydrogen-bond donors (Lipinski definition) is 0. The van der Waals surface area contributed by atoms with Gasteiger partial charge in [-0.2, -0.15) is 0 Å². The standard InChI is InChI=1S/C11H18/c1-3-5-7-9-11-10-8-6-4-2/h8,10H,3,5,7,9,11H2,1-2H3. The van der Waals surface area contributed by atoms with E-state index in [0.29, 0.717) is 0 Å². The third kappa shape index (κ3) is 9.30. The summed E-state index contributed by atoms with van der Waals surface area (Å²) in [7, 11) is 0. The smallest absolute Gasteiger partial charge is 0.00235 e. The maximum absolute atomic E-state index is 2.91. The fraction of sp³-hybridized carbons (Fsp3) is 0.636. The molecule has 0 spiro atoms. The van der Waals surface area contributed by atoms with Crippen molar-refractivity contribution < 1.29 is 0 Å². The Morgan fingerprint density at radius 1 is 1.18 bits per heavy atom. The molecule has 11 heavy (non-hydrogen) atoms. The van der Waals surface area contributed by atoms with E-state index >= 15 is 0 Å². The fourth-order valence-corrected chi connectivity index (χ4v) is 0.915. The van der Waals surface area contributed by atoms with Crippen molar-refractivity contribution in [1.29, 1.82) is 0 Å². The van der Waals surface area contributed by atoms with Crippen LogP contribution in [0.2, 0.25) is 0 Å². The van der Waals surface area contributed by atoms with Gasteiger partial charge in [0.25, 0.3) is 0 Å². The van der Waals surface area contributed by atoms with Crippen LogP contribution in [0.5, 0.6) is 0 Å². The van der Waals surface area contributed by atoms with Crippen LogP contribution in [-0.2, 0) is 0 Å². The van der Waals surface area contributed by atoms with Crippen molar-refractivity contribution in [3.8, 4) is 11.8 Å². The zero-order valence-corrected chi connectivity index (χ0v) is 7.69. The summed E-state index contributed by atoms with van der Waals surface area (Å²) in [6, 6.07) is 0. The molecule has 0 saturated carbocycles. The number of rotatable bonds is 5. The molecule has 0 rings (SSSR count). The molecule has 0 unspecified atom stereocenters. The van der Waals surface area contributed by atoms with Gasteiger partial charge in [-0.1, -0.05) is 38.2 Å². The minimum Gasteiger partial charge on any atom is -0.102 e. The maximum Gasteiger partial charge on any atom is -0.00235 e. The SMILES string of the molecule is CC#CC=CCCCCCC. The Morgan fingerprint density at radius 2 is 2.00 bits per heavy atom. The molecule has 0 aliphatic rings. The van der Waals surface area contributed by atoms with E-state index in [4.69, 9.17) is 0 Å². The molecule has 0 heteroatoms. The quantitative estimate of drug-likeness (QED) is 0.415. The van der Waals surface area contributed by atoms with Gasteiger partial charge < -0.3 is 0 Å². The third-order valence-electron chi connectivity index (χ3n) is 1.57. The van der Waals surface area contributed by atoms with Crippen molar-refractivity contribution in [3.05, 3.63) is 12.2 Å². The van der Waals surface area contributed by atoms with Gasteiger partial charge in [0, 0.05) is 0 Å². The first kappa shape index (κ1) is 10.3. The Hall–Kier alpha value is -0.700. The maximum atomic E-state index is 2.91. The Bertz CT molecular complexity index is 143. The molecule has 0 atom stereocenters. The van der Waals surface area contributed by atoms with Crippen LogP contribution in [0.4, 0.5) is 0 Å². The number of allylic oxidation sites excluding steroid dienone is 2. The molecule has 0 heterocycles. The van der Waals surface area contributed by atoms with E-state index in [0.717, 1.165) is 0 Å². The third-order valence-corrected chi connectivity index (χ3v) is 1.57. The Labute approximate surface area is 70.7 Å². The lowest BCUT2D eigenvalue weighted by Crippen LogP contribution is -1.72. The average Bonchev–Trinajstić information content (AvgIpc) is 2.03. The van der Waals surface area contributed by atoms with Crippen molar-refractivity contribution in [2.24, 2.45) is 0 Å². The van der Waals surface area contributed by atoms with Crippen LogP contribution < -0.4 is 0 Å². The van der Waals surface area contributed by atoms with Crippen LogP contribution in [0.25, 0.3) is 0 Å². The summed E-state index contributed by atoms with van der Waals surface area (Å²) in [6.45, 7) is 4.10. The van der Waals surface area contributed by atoms with Gasteiger partial charge in [0.05, 0.1) is 0 Å². The summed E-state index contributed by atoms with van der Waals surface area (Å²) < 4.78 is 0. The van der Waals surface area contributed by atoms with Gasteiger partial charge in [-0.05, 0) is 25.8 Å². The molecule has 0 saturated heterocycles. The molecule has 0 fully saturated rings. The summed E-state index contributed by atoms with van der Waals surface area (Å²) in [4.78, 5) is 0. The highest BCUT2D eigenvalue weighted by molar-refractivity contribution is 5.13. The normalized spacial score (nSPS) is 9.64. The first-order valence-corrected chi connectivity index (χ1v) is 4.49. The number of hydrogen-bond acceptors (Lipinski definition) is 0. The van der Waals surface area contributed by atoms with E-state index in [1.54, 1.807) is 0 Å². The van der Waals surface area contributed by atoms with Gasteiger partial charge in [-0.25, -0.2) is 0 Å². The van der Waals surface area contributed by atoms with Gasteiger partial charge in [0.1, 0.15) is 0 Å². The van der Waals surface area contributed by atoms with Gasteiger partial charge >= 0.3 is 0 Å². The molecule has 0 aliphatic heterocycles. The van der Waals surface area contributed by atoms with Crippen LogP contribution in [0.1, 0.15) is 46.0 Å². The summed E-state index contributed by atoms with van der Waals surface area (Å²) in [5.41, 5.74) is 0. The zero-order chi connectivity index (χ0) is 8.36. The highest BCUT2D eigenvalue weighted by Gasteiger charge is 1.82. The highest BCUT2D eigenvalue weighted by atomic mass is 13.9. The van der Waals surface area contributed by atoms with Crippen molar-refractivity contribution in [3.63, 3.8) is 0 Å². The lowest BCUT2D eigenvalue weighted by Gasteiger charge is -1.92. The molecule has 62 valence electrons. The van der Waals surface area contributed by atoms with E-state index in [2.05, 4.69) is 24.8 Å². The van der Waals surface area contributed by atoms with Crippen LogP contribution in [0.15, 0.2) is 12.2 Å². The molecule has 0 amide bonds. The number of unbranched alkanes of at least 4 members (excludes halogenated alkanes) is 4. The highest BCUT2D eigenvalue weighted by Crippen LogP contribution is 2.02. The predicted octanol–water partition coefficient (Wildman–Crippen LogP) is 3.54. The van der Waals surface area contributed by atoms with Crippen molar-refractivity contribution in [2.45, 2.75) is 46.0 Å². The van der Waals surface area contributed by atoms with Crippen LogP contribution in [-0.4, -0.2) is 0 Å². The second kappa shape index (κ2) is 9.30. The topological polar surface area (TPSA) is 0 Å². The molecule has 0 aliphatic carbocycles. The second-order valence-corrected chi connectivity index (χ2v) is 2.65. The molecule has 0 N–H and O–H groups in total. The lowest BCUT2D eigenvalue weighted by molar-refractivity contribution is 0.674. The van der Waals surface area contributed by atoms with Gasteiger partial charge in [0.2, 0.25) is 0 Å². The molecule has 0 nitrogen and oxygen atoms in total. The second-order valence-electron chi connectivity index (χ2n) is 2.65. The zero-order valence-electron chi connectivity index (χ0n) is 7.69. The monoisotopic (exact) mass is 150 g/mol. The molecule has 0 radical (unpaired) electrons. The largest absolute Gasteiger partial charge is 0.102 e. The van der Waals surface area contributed by atoms with E-state index < -0.39 is 0 Å². The van der Waals surface area contributed by atoms with Gasteiger partial charge in [0.15, 0.2) is 0 Å². The summed E-state index contributed by atoms with van der Waals surface area (Å²) in [5, 5.41) is 0. The van der Waals surface area contributed by atoms with E-state index in [-0.39, 0.29) is 0 Å². The Kier molecular flexibility index (Phi) is 8.71. The molecule has 0 bridgehead atoms. The predicted molar refractivity (Wildman–Crippen MR) is 51.3 cm³/mol. The van der Waals surface area contributed by atoms with Crippen molar-refractivity contribution in [1.82, 2.24) is 0 Å². The molecule has 0 aromatic carbocycles. The molecular weight excluding hydrogens is 132 g/mol. The van der Waals surface area contributed by atoms with Crippen molar-refractivity contribution >= 4 is 0 Å². The van der Waals surface area contributed by atoms with Gasteiger partial charge in [-0.15, -0.1) is 5.92 Å². The molecular formula is C11H18. The van der Waals surface area contributed by atoms with Crippen LogP contribution >= 0.6 is 0 Å². The summed E-state index contributed by atoms with van der Waals surface area (Å²) in [6.07, 6.45) is 10.7. The molecule has 0 aromatic rings. The van der Waals surface area contributed by atoms with Crippen LogP contribution in [0.3, 0.4) is 0 Å². The van der Waals surface area contributed by atoms with Crippen LogP contribution in [0, 0.1) is 11.8 Å². The molecule has 0 aromatic heterocycles. The van der Waals surface area contributed by atoms with E-state index in [1.165, 1.54) is 32.1 Å². The summed E-state index contributed by atoms with van der Waals surface area (Å²) >= 11 is 0. The Morgan fingerprint density at radius 3 is 2.64 bits per heavy atom. The fourth-order valence-electron chi connectivity index (χ4n) is 0.915. The first-order chi connectivity index (χ1) is 5.41. The Balaban J connectivity index is 3.05. The average molecular weight is 150 g/mol. The van der Waals surface area contributed by atoms with E-state index in [9.17, 15) is 0 Å². The lowest BCUT2D eigenvalue weighted by atomic mass is 10.1. The van der Waals surface area contributed by atoms with Gasteiger partial charge in [-0.3, -0.25) is 0 Å². The first-order valence-electron chi connectivity index (χ1n) is 4.49.